The summed E-state index contributed by atoms with van der Waals surface area (Å²) in [7, 11) is 0. The molecule has 2 aliphatic carbocycles. The van der Waals surface area contributed by atoms with Gasteiger partial charge >= 0.3 is 0 Å². The van der Waals surface area contributed by atoms with Crippen LogP contribution in [-0.4, -0.2) is 0 Å². The van der Waals surface area contributed by atoms with Gasteiger partial charge in [-0.05, 0) is 127 Å². The second-order valence-corrected chi connectivity index (χ2v) is 18.3. The highest BCUT2D eigenvalue weighted by Crippen LogP contribution is 2.61. The number of rotatable bonds is 5. The van der Waals surface area contributed by atoms with E-state index in [1.807, 2.05) is 0 Å². The molecule has 11 aromatic rings. The summed E-state index contributed by atoms with van der Waals surface area (Å²) in [5.41, 5.74) is 20.0. The standard InChI is InChI=1S/C64H44/c1-63(2)55-31-16-14-28-48(55)49-36-34-46(40-58(49)63)64(45-25-10-5-11-26-45)56-32-17-15-29-52(56)61-57(64)38-37-53-59(43-22-8-4-9-23-43)54-39-44(41-19-6-3-7-20-41)33-35-51(54)60(62(53)61)50-30-18-24-42-21-12-13-27-47(42)50/h3-40H,1-2H3. The zero-order valence-electron chi connectivity index (χ0n) is 35.9. The smallest absolute Gasteiger partial charge is 0.0622 e. The molecular weight excluding hydrogens is 769 g/mol. The third kappa shape index (κ3) is 5.06. The average Bonchev–Trinajstić information content (AvgIpc) is 3.79. The van der Waals surface area contributed by atoms with Gasteiger partial charge in [0.05, 0.1) is 5.41 Å². The van der Waals surface area contributed by atoms with Crippen LogP contribution in [0.2, 0.25) is 0 Å². The molecule has 13 rings (SSSR count). The summed E-state index contributed by atoms with van der Waals surface area (Å²) in [5.74, 6) is 0. The molecule has 0 radical (unpaired) electrons. The third-order valence-electron chi connectivity index (χ3n) is 14.7. The highest BCUT2D eigenvalue weighted by Gasteiger charge is 2.48. The van der Waals surface area contributed by atoms with Gasteiger partial charge in [-0.25, -0.2) is 0 Å². The van der Waals surface area contributed by atoms with E-state index < -0.39 is 5.41 Å². The average molecular weight is 813 g/mol. The molecular formula is C64H44. The molecule has 0 N–H and O–H groups in total. The van der Waals surface area contributed by atoms with Crippen molar-refractivity contribution in [3.63, 3.8) is 0 Å². The summed E-state index contributed by atoms with van der Waals surface area (Å²) in [6.07, 6.45) is 0. The fourth-order valence-electron chi connectivity index (χ4n) is 11.9. The Hall–Kier alpha value is -7.80. The van der Waals surface area contributed by atoms with Crippen LogP contribution in [0.1, 0.15) is 47.2 Å². The molecule has 1 unspecified atom stereocenters. The highest BCUT2D eigenvalue weighted by atomic mass is 14.5. The van der Waals surface area contributed by atoms with Crippen molar-refractivity contribution in [1.82, 2.24) is 0 Å². The van der Waals surface area contributed by atoms with E-state index in [2.05, 4.69) is 244 Å². The van der Waals surface area contributed by atoms with E-state index in [0.29, 0.717) is 0 Å². The first-order chi connectivity index (χ1) is 31.5. The normalized spacial score (nSPS) is 15.5. The second-order valence-electron chi connectivity index (χ2n) is 18.3. The molecule has 2 aliphatic rings. The minimum Gasteiger partial charge on any atom is -0.0622 e. The van der Waals surface area contributed by atoms with Gasteiger partial charge in [-0.15, -0.1) is 0 Å². The van der Waals surface area contributed by atoms with Crippen LogP contribution >= 0.6 is 0 Å². The van der Waals surface area contributed by atoms with Gasteiger partial charge in [-0.2, -0.15) is 0 Å². The van der Waals surface area contributed by atoms with E-state index in [1.165, 1.54) is 121 Å². The predicted octanol–water partition coefficient (Wildman–Crippen LogP) is 16.8. The Morgan fingerprint density at radius 1 is 0.281 bits per heavy atom. The minimum absolute atomic E-state index is 0.145. The maximum atomic E-state index is 2.56. The Morgan fingerprint density at radius 3 is 1.69 bits per heavy atom. The Kier molecular flexibility index (Phi) is 7.97. The number of hydrogen-bond acceptors (Lipinski definition) is 0. The van der Waals surface area contributed by atoms with Gasteiger partial charge < -0.3 is 0 Å². The first-order valence-electron chi connectivity index (χ1n) is 22.6. The molecule has 0 nitrogen and oxygen atoms in total. The van der Waals surface area contributed by atoms with E-state index in [4.69, 9.17) is 0 Å². The van der Waals surface area contributed by atoms with E-state index in [1.54, 1.807) is 0 Å². The zero-order chi connectivity index (χ0) is 42.6. The van der Waals surface area contributed by atoms with Crippen LogP contribution in [0, 0.1) is 0 Å². The van der Waals surface area contributed by atoms with Gasteiger partial charge in [0.2, 0.25) is 0 Å². The first-order valence-corrected chi connectivity index (χ1v) is 22.6. The molecule has 0 saturated heterocycles. The van der Waals surface area contributed by atoms with Crippen molar-refractivity contribution in [2.45, 2.75) is 24.7 Å². The Morgan fingerprint density at radius 2 is 0.891 bits per heavy atom. The first kappa shape index (κ1) is 36.8. The van der Waals surface area contributed by atoms with Crippen molar-refractivity contribution in [2.75, 3.05) is 0 Å². The summed E-state index contributed by atoms with van der Waals surface area (Å²) >= 11 is 0. The van der Waals surface area contributed by atoms with E-state index in [0.717, 1.165) is 0 Å². The van der Waals surface area contributed by atoms with Gasteiger partial charge in [-0.3, -0.25) is 0 Å². The topological polar surface area (TPSA) is 0 Å². The Labute approximate surface area is 374 Å². The van der Waals surface area contributed by atoms with Gasteiger partial charge in [0.25, 0.3) is 0 Å². The van der Waals surface area contributed by atoms with Crippen molar-refractivity contribution in [1.29, 1.82) is 0 Å². The molecule has 0 fully saturated rings. The molecule has 1 atom stereocenters. The van der Waals surface area contributed by atoms with Crippen LogP contribution in [0.5, 0.6) is 0 Å². The minimum atomic E-state index is -0.587. The van der Waals surface area contributed by atoms with Crippen molar-refractivity contribution in [3.05, 3.63) is 264 Å². The van der Waals surface area contributed by atoms with Gasteiger partial charge in [0, 0.05) is 5.41 Å². The van der Waals surface area contributed by atoms with Crippen molar-refractivity contribution in [3.8, 4) is 55.6 Å². The lowest BCUT2D eigenvalue weighted by atomic mass is 9.66. The van der Waals surface area contributed by atoms with Gasteiger partial charge in [0.15, 0.2) is 0 Å². The lowest BCUT2D eigenvalue weighted by Gasteiger charge is -2.35. The third-order valence-corrected chi connectivity index (χ3v) is 14.7. The molecule has 0 aliphatic heterocycles. The monoisotopic (exact) mass is 812 g/mol. The predicted molar refractivity (Wildman–Crippen MR) is 270 cm³/mol. The molecule has 0 saturated carbocycles. The molecule has 0 amide bonds. The van der Waals surface area contributed by atoms with E-state index in [9.17, 15) is 0 Å². The molecule has 0 heterocycles. The van der Waals surface area contributed by atoms with Crippen molar-refractivity contribution < 1.29 is 0 Å². The zero-order valence-corrected chi connectivity index (χ0v) is 35.9. The van der Waals surface area contributed by atoms with Gasteiger partial charge in [-0.1, -0.05) is 238 Å². The number of fused-ring (bicyclic) bond motifs is 10. The second kappa shape index (κ2) is 13.9. The molecule has 0 heteroatoms. The Bertz CT molecular complexity index is 3660. The summed E-state index contributed by atoms with van der Waals surface area (Å²) in [5, 5.41) is 7.56. The lowest BCUT2D eigenvalue weighted by Crippen LogP contribution is -2.29. The summed E-state index contributed by atoms with van der Waals surface area (Å²) < 4.78 is 0. The van der Waals surface area contributed by atoms with Crippen LogP contribution in [0.25, 0.3) is 88.0 Å². The van der Waals surface area contributed by atoms with Crippen molar-refractivity contribution in [2.24, 2.45) is 0 Å². The maximum Gasteiger partial charge on any atom is 0.0713 e. The van der Waals surface area contributed by atoms with Crippen LogP contribution in [-0.2, 0) is 10.8 Å². The lowest BCUT2D eigenvalue weighted by molar-refractivity contribution is 0.655. The van der Waals surface area contributed by atoms with E-state index >= 15 is 0 Å². The number of benzene rings is 11. The number of hydrogen-bond donors (Lipinski definition) is 0. The summed E-state index contributed by atoms with van der Waals surface area (Å²) in [6, 6.07) is 86.8. The SMILES string of the molecule is CC1(C)c2ccccc2-c2ccc(C3(c4ccccc4)c4ccccc4-c4c3ccc3c(-c5ccccc5)c5cc(-c6ccccc6)ccc5c(-c5cccc6ccccc56)c43)cc21. The highest BCUT2D eigenvalue weighted by molar-refractivity contribution is 6.28. The molecule has 300 valence electrons. The van der Waals surface area contributed by atoms with Crippen LogP contribution in [0.4, 0.5) is 0 Å². The summed E-state index contributed by atoms with van der Waals surface area (Å²) in [4.78, 5) is 0. The molecule has 0 bridgehead atoms. The molecule has 11 aromatic carbocycles. The van der Waals surface area contributed by atoms with Crippen LogP contribution in [0.3, 0.4) is 0 Å². The van der Waals surface area contributed by atoms with Crippen LogP contribution < -0.4 is 0 Å². The largest absolute Gasteiger partial charge is 0.0713 e. The fourth-order valence-corrected chi connectivity index (χ4v) is 11.9. The van der Waals surface area contributed by atoms with Crippen LogP contribution in [0.15, 0.2) is 231 Å². The Balaban J connectivity index is 1.23. The van der Waals surface area contributed by atoms with E-state index in [-0.39, 0.29) is 5.41 Å². The molecule has 64 heavy (non-hydrogen) atoms. The quantitative estimate of drug-likeness (QED) is 0.152. The van der Waals surface area contributed by atoms with Crippen molar-refractivity contribution >= 4 is 32.3 Å². The fraction of sp³-hybridized carbons (Fsp3) is 0.0625. The van der Waals surface area contributed by atoms with Gasteiger partial charge in [0.1, 0.15) is 0 Å². The molecule has 0 aromatic heterocycles. The maximum absolute atomic E-state index is 2.56. The summed E-state index contributed by atoms with van der Waals surface area (Å²) in [6.45, 7) is 4.80. The molecule has 0 spiro atoms.